The van der Waals surface area contributed by atoms with Crippen molar-refractivity contribution in [3.05, 3.63) is 0 Å². The number of carbonyl (C=O) groups is 3. The van der Waals surface area contributed by atoms with E-state index in [-0.39, 0.29) is 31.1 Å². The smallest absolute Gasteiger partial charge is 0.306 e. The average molecular weight is 877 g/mol. The Labute approximate surface area is 387 Å². The topological polar surface area (TPSA) is 78.9 Å². The molecule has 0 heterocycles. The molecule has 1 atom stereocenters. The standard InChI is InChI=1S/C56H108O6/c1-6-7-8-9-29-38-43-48-56(59)62-53(50-61-55(58)47-42-37-33-28-24-20-16-18-22-26-31-35-40-45-52(4)5)49-60-54(57)46-41-36-32-27-23-19-15-13-11-10-12-14-17-21-25-30-34-39-44-51(2)3/h51-53H,6-50H2,1-5H3/t53-/m0/s1. The Hall–Kier alpha value is -1.59. The lowest BCUT2D eigenvalue weighted by atomic mass is 10.0. The van der Waals surface area contributed by atoms with Crippen LogP contribution in [0.25, 0.3) is 0 Å². The van der Waals surface area contributed by atoms with Crippen molar-refractivity contribution >= 4 is 17.9 Å². The van der Waals surface area contributed by atoms with Gasteiger partial charge in [-0.25, -0.2) is 0 Å². The first-order valence-electron chi connectivity index (χ1n) is 27.7. The largest absolute Gasteiger partial charge is 0.462 e. The summed E-state index contributed by atoms with van der Waals surface area (Å²) in [5.74, 6) is 0.849. The Morgan fingerprint density at radius 2 is 0.532 bits per heavy atom. The second-order valence-electron chi connectivity index (χ2n) is 20.2. The molecular formula is C56H108O6. The minimum atomic E-state index is -0.760. The Morgan fingerprint density at radius 3 is 0.790 bits per heavy atom. The quantitative estimate of drug-likeness (QED) is 0.0344. The lowest BCUT2D eigenvalue weighted by molar-refractivity contribution is -0.167. The summed E-state index contributed by atoms with van der Waals surface area (Å²) >= 11 is 0. The van der Waals surface area contributed by atoms with Crippen LogP contribution in [0.15, 0.2) is 0 Å². The van der Waals surface area contributed by atoms with Crippen LogP contribution in [0.1, 0.15) is 311 Å². The zero-order chi connectivity index (χ0) is 45.4. The first-order valence-corrected chi connectivity index (χ1v) is 27.7. The van der Waals surface area contributed by atoms with E-state index in [1.165, 1.54) is 199 Å². The third kappa shape index (κ3) is 49.4. The van der Waals surface area contributed by atoms with Gasteiger partial charge in [-0.15, -0.1) is 0 Å². The highest BCUT2D eigenvalue weighted by Gasteiger charge is 2.19. The normalized spacial score (nSPS) is 12.0. The predicted octanol–water partition coefficient (Wildman–Crippen LogP) is 18.1. The lowest BCUT2D eigenvalue weighted by Gasteiger charge is -2.18. The minimum Gasteiger partial charge on any atom is -0.462 e. The van der Waals surface area contributed by atoms with Gasteiger partial charge in [0.1, 0.15) is 13.2 Å². The monoisotopic (exact) mass is 877 g/mol. The van der Waals surface area contributed by atoms with Gasteiger partial charge in [0.2, 0.25) is 0 Å². The van der Waals surface area contributed by atoms with Crippen molar-refractivity contribution < 1.29 is 28.6 Å². The van der Waals surface area contributed by atoms with Crippen LogP contribution in [0, 0.1) is 11.8 Å². The van der Waals surface area contributed by atoms with Gasteiger partial charge >= 0.3 is 17.9 Å². The van der Waals surface area contributed by atoms with Gasteiger partial charge in [0.05, 0.1) is 0 Å². The van der Waals surface area contributed by atoms with E-state index in [9.17, 15) is 14.4 Å². The highest BCUT2D eigenvalue weighted by atomic mass is 16.6. The van der Waals surface area contributed by atoms with Crippen molar-refractivity contribution in [2.75, 3.05) is 13.2 Å². The molecule has 0 radical (unpaired) electrons. The zero-order valence-electron chi connectivity index (χ0n) is 42.5. The van der Waals surface area contributed by atoms with E-state index in [1.807, 2.05) is 0 Å². The van der Waals surface area contributed by atoms with E-state index in [0.29, 0.717) is 19.3 Å². The molecular weight excluding hydrogens is 769 g/mol. The third-order valence-electron chi connectivity index (χ3n) is 12.7. The Morgan fingerprint density at radius 1 is 0.306 bits per heavy atom. The fourth-order valence-electron chi connectivity index (χ4n) is 8.52. The molecule has 0 aliphatic heterocycles. The highest BCUT2D eigenvalue weighted by molar-refractivity contribution is 5.71. The fourth-order valence-corrected chi connectivity index (χ4v) is 8.52. The van der Waals surface area contributed by atoms with Crippen LogP contribution in [0.4, 0.5) is 0 Å². The Balaban J connectivity index is 4.10. The summed E-state index contributed by atoms with van der Waals surface area (Å²) in [4.78, 5) is 37.9. The first-order chi connectivity index (χ1) is 30.2. The molecule has 0 unspecified atom stereocenters. The average Bonchev–Trinajstić information content (AvgIpc) is 3.24. The van der Waals surface area contributed by atoms with Crippen LogP contribution < -0.4 is 0 Å². The van der Waals surface area contributed by atoms with Crippen molar-refractivity contribution in [3.63, 3.8) is 0 Å². The summed E-state index contributed by atoms with van der Waals surface area (Å²) in [7, 11) is 0. The molecule has 0 rings (SSSR count). The fraction of sp³-hybridized carbons (Fsp3) is 0.946. The molecule has 0 aromatic heterocycles. The molecule has 0 amide bonds. The number of hydrogen-bond donors (Lipinski definition) is 0. The summed E-state index contributed by atoms with van der Waals surface area (Å²) in [5, 5.41) is 0. The van der Waals surface area contributed by atoms with Crippen molar-refractivity contribution in [2.45, 2.75) is 317 Å². The highest BCUT2D eigenvalue weighted by Crippen LogP contribution is 2.18. The summed E-state index contributed by atoms with van der Waals surface area (Å²) < 4.78 is 16.8. The molecule has 0 N–H and O–H groups in total. The number of unbranched alkanes of at least 4 members (excludes halogenated alkanes) is 35. The molecule has 6 nitrogen and oxygen atoms in total. The summed E-state index contributed by atoms with van der Waals surface area (Å²) in [6.45, 7) is 11.4. The second kappa shape index (κ2) is 48.9. The SMILES string of the molecule is CCCCCCCCCC(=O)O[C@@H](COC(=O)CCCCCCCCCCCCCCCCCCCCC(C)C)COC(=O)CCCCCCCCCCCCCCCC(C)C. The molecule has 6 heteroatoms. The van der Waals surface area contributed by atoms with Crippen molar-refractivity contribution in [3.8, 4) is 0 Å². The minimum absolute atomic E-state index is 0.0636. The molecule has 0 spiro atoms. The molecule has 368 valence electrons. The van der Waals surface area contributed by atoms with Crippen LogP contribution in [0.2, 0.25) is 0 Å². The van der Waals surface area contributed by atoms with E-state index < -0.39 is 6.10 Å². The van der Waals surface area contributed by atoms with Crippen LogP contribution >= 0.6 is 0 Å². The Kier molecular flexibility index (Phi) is 47.6. The molecule has 0 bridgehead atoms. The van der Waals surface area contributed by atoms with Gasteiger partial charge in [-0.3, -0.25) is 14.4 Å². The third-order valence-corrected chi connectivity index (χ3v) is 12.7. The number of ether oxygens (including phenoxy) is 3. The van der Waals surface area contributed by atoms with Gasteiger partial charge in [-0.1, -0.05) is 272 Å². The maximum atomic E-state index is 12.7. The summed E-state index contributed by atoms with van der Waals surface area (Å²) in [6.07, 6.45) is 51.1. The summed E-state index contributed by atoms with van der Waals surface area (Å²) in [5.41, 5.74) is 0. The van der Waals surface area contributed by atoms with Gasteiger partial charge in [0, 0.05) is 19.3 Å². The van der Waals surface area contributed by atoms with Gasteiger partial charge in [-0.05, 0) is 31.1 Å². The van der Waals surface area contributed by atoms with Crippen molar-refractivity contribution in [1.29, 1.82) is 0 Å². The molecule has 0 aliphatic carbocycles. The van der Waals surface area contributed by atoms with Gasteiger partial charge < -0.3 is 14.2 Å². The van der Waals surface area contributed by atoms with Gasteiger partial charge in [0.15, 0.2) is 6.10 Å². The first kappa shape index (κ1) is 60.4. The number of carbonyl (C=O) groups excluding carboxylic acids is 3. The molecule has 62 heavy (non-hydrogen) atoms. The number of esters is 3. The Bertz CT molecular complexity index is 947. The van der Waals surface area contributed by atoms with Crippen LogP contribution in [0.5, 0.6) is 0 Å². The number of rotatable bonds is 50. The van der Waals surface area contributed by atoms with E-state index in [1.54, 1.807) is 0 Å². The van der Waals surface area contributed by atoms with Gasteiger partial charge in [0.25, 0.3) is 0 Å². The molecule has 0 aliphatic rings. The lowest BCUT2D eigenvalue weighted by Crippen LogP contribution is -2.30. The van der Waals surface area contributed by atoms with Gasteiger partial charge in [-0.2, -0.15) is 0 Å². The van der Waals surface area contributed by atoms with Crippen molar-refractivity contribution in [1.82, 2.24) is 0 Å². The number of hydrogen-bond acceptors (Lipinski definition) is 6. The van der Waals surface area contributed by atoms with Crippen LogP contribution in [0.3, 0.4) is 0 Å². The van der Waals surface area contributed by atoms with E-state index >= 15 is 0 Å². The zero-order valence-corrected chi connectivity index (χ0v) is 42.5. The molecule has 0 saturated heterocycles. The molecule has 0 aromatic carbocycles. The van der Waals surface area contributed by atoms with E-state index in [4.69, 9.17) is 14.2 Å². The van der Waals surface area contributed by atoms with Crippen LogP contribution in [-0.2, 0) is 28.6 Å². The van der Waals surface area contributed by atoms with Crippen LogP contribution in [-0.4, -0.2) is 37.2 Å². The summed E-state index contributed by atoms with van der Waals surface area (Å²) in [6, 6.07) is 0. The van der Waals surface area contributed by atoms with E-state index in [2.05, 4.69) is 34.6 Å². The maximum Gasteiger partial charge on any atom is 0.306 e. The van der Waals surface area contributed by atoms with Crippen molar-refractivity contribution in [2.24, 2.45) is 11.8 Å². The molecule has 0 fully saturated rings. The molecule has 0 aromatic rings. The second-order valence-corrected chi connectivity index (χ2v) is 20.2. The maximum absolute atomic E-state index is 12.7. The molecule has 0 saturated carbocycles. The predicted molar refractivity (Wildman–Crippen MR) is 266 cm³/mol. The van der Waals surface area contributed by atoms with E-state index in [0.717, 1.165) is 69.6 Å².